The molecule has 2 N–H and O–H groups in total. The molecular formula is C20H25FN2O4. The molecule has 0 bridgehead atoms. The number of hydrogen-bond donors (Lipinski definition) is 2. The van der Waals surface area contributed by atoms with E-state index in [0.717, 1.165) is 12.8 Å². The van der Waals surface area contributed by atoms with Gasteiger partial charge in [-0.2, -0.15) is 0 Å². The molecule has 6 nitrogen and oxygen atoms in total. The maximum absolute atomic E-state index is 13.1. The molecule has 1 aromatic carbocycles. The fourth-order valence-electron chi connectivity index (χ4n) is 4.34. The predicted octanol–water partition coefficient (Wildman–Crippen LogP) is 2.29. The fraction of sp³-hybridized carbons (Fsp3) is 0.550. The number of hydrogen-bond acceptors (Lipinski definition) is 3. The third kappa shape index (κ3) is 3.55. The Morgan fingerprint density at radius 3 is 2.48 bits per heavy atom. The molecular weight excluding hydrogens is 351 g/mol. The van der Waals surface area contributed by atoms with E-state index in [-0.39, 0.29) is 29.9 Å². The molecule has 146 valence electrons. The largest absolute Gasteiger partial charge is 0.481 e. The summed E-state index contributed by atoms with van der Waals surface area (Å²) in [6.45, 7) is 4.27. The van der Waals surface area contributed by atoms with Gasteiger partial charge in [0.15, 0.2) is 0 Å². The first-order valence-electron chi connectivity index (χ1n) is 9.33. The van der Waals surface area contributed by atoms with E-state index < -0.39 is 29.2 Å². The Labute approximate surface area is 157 Å². The van der Waals surface area contributed by atoms with Crippen LogP contribution in [0.4, 0.5) is 4.39 Å². The first kappa shape index (κ1) is 19.3. The number of benzene rings is 1. The lowest BCUT2D eigenvalue weighted by Gasteiger charge is -2.28. The Balaban J connectivity index is 1.74. The highest BCUT2D eigenvalue weighted by molar-refractivity contribution is 5.97. The van der Waals surface area contributed by atoms with Gasteiger partial charge in [0.1, 0.15) is 11.9 Å². The molecule has 2 fully saturated rings. The summed E-state index contributed by atoms with van der Waals surface area (Å²) in [5.41, 5.74) is -0.576. The van der Waals surface area contributed by atoms with E-state index in [1.807, 2.05) is 13.8 Å². The van der Waals surface area contributed by atoms with Crippen LogP contribution in [0.25, 0.3) is 0 Å². The van der Waals surface area contributed by atoms with Crippen LogP contribution in [-0.2, 0) is 9.59 Å². The van der Waals surface area contributed by atoms with Crippen LogP contribution in [0, 0.1) is 23.1 Å². The van der Waals surface area contributed by atoms with E-state index in [1.165, 1.54) is 24.3 Å². The average molecular weight is 376 g/mol. The summed E-state index contributed by atoms with van der Waals surface area (Å²) in [5.74, 6) is -2.17. The summed E-state index contributed by atoms with van der Waals surface area (Å²) in [5, 5.41) is 12.4. The molecule has 1 saturated carbocycles. The van der Waals surface area contributed by atoms with E-state index in [1.54, 1.807) is 4.90 Å². The van der Waals surface area contributed by atoms with E-state index in [2.05, 4.69) is 5.32 Å². The predicted molar refractivity (Wildman–Crippen MR) is 96.5 cm³/mol. The molecule has 1 aliphatic heterocycles. The summed E-state index contributed by atoms with van der Waals surface area (Å²) in [4.78, 5) is 38.9. The topological polar surface area (TPSA) is 86.7 Å². The Morgan fingerprint density at radius 2 is 1.93 bits per heavy atom. The van der Waals surface area contributed by atoms with Crippen molar-refractivity contribution in [2.75, 3.05) is 13.1 Å². The van der Waals surface area contributed by atoms with Gasteiger partial charge in [-0.15, -0.1) is 0 Å². The minimum absolute atomic E-state index is 0.0282. The number of likely N-dealkylation sites (tertiary alicyclic amines) is 1. The lowest BCUT2D eigenvalue weighted by atomic mass is 9.81. The SMILES string of the molecule is CC(C)C(NC(=O)c1ccc(F)cc1)C(=O)N1C[C@@H]2CCC[C@@]2(C(=O)O)C1. The number of aliphatic carboxylic acids is 1. The summed E-state index contributed by atoms with van der Waals surface area (Å²) < 4.78 is 13.0. The highest BCUT2D eigenvalue weighted by atomic mass is 19.1. The van der Waals surface area contributed by atoms with E-state index in [4.69, 9.17) is 0 Å². The van der Waals surface area contributed by atoms with Crippen molar-refractivity contribution in [1.82, 2.24) is 10.2 Å². The van der Waals surface area contributed by atoms with Crippen LogP contribution in [-0.4, -0.2) is 46.9 Å². The molecule has 2 aliphatic rings. The minimum Gasteiger partial charge on any atom is -0.481 e. The van der Waals surface area contributed by atoms with Crippen LogP contribution in [0.3, 0.4) is 0 Å². The number of halogens is 1. The quantitative estimate of drug-likeness (QED) is 0.826. The zero-order valence-electron chi connectivity index (χ0n) is 15.6. The summed E-state index contributed by atoms with van der Waals surface area (Å²) in [6, 6.07) is 4.37. The molecule has 1 aromatic rings. The second kappa shape index (κ2) is 7.29. The van der Waals surface area contributed by atoms with Crippen LogP contribution in [0.2, 0.25) is 0 Å². The zero-order chi connectivity index (χ0) is 19.8. The van der Waals surface area contributed by atoms with Gasteiger partial charge in [0.05, 0.1) is 5.41 Å². The van der Waals surface area contributed by atoms with Crippen LogP contribution in [0.1, 0.15) is 43.5 Å². The van der Waals surface area contributed by atoms with Crippen LogP contribution >= 0.6 is 0 Å². The molecule has 1 saturated heterocycles. The van der Waals surface area contributed by atoms with Crippen molar-refractivity contribution in [2.24, 2.45) is 17.3 Å². The Hall–Kier alpha value is -2.44. The standard InChI is InChI=1S/C20H25FN2O4/c1-12(2)16(22-17(24)13-5-7-15(21)8-6-13)18(25)23-10-14-4-3-9-20(14,11-23)19(26)27/h5-8,12,14,16H,3-4,9-11H2,1-2H3,(H,22,24)(H,26,27)/t14-,16?,20+/m0/s1. The lowest BCUT2D eigenvalue weighted by molar-refractivity contribution is -0.149. The Morgan fingerprint density at radius 1 is 1.26 bits per heavy atom. The second-order valence-electron chi connectivity index (χ2n) is 7.97. The Bertz CT molecular complexity index is 749. The van der Waals surface area contributed by atoms with Gasteiger partial charge < -0.3 is 15.3 Å². The van der Waals surface area contributed by atoms with Gasteiger partial charge in [0.2, 0.25) is 5.91 Å². The number of nitrogens with one attached hydrogen (secondary N) is 1. The molecule has 1 heterocycles. The van der Waals surface area contributed by atoms with Crippen molar-refractivity contribution in [2.45, 2.75) is 39.2 Å². The fourth-order valence-corrected chi connectivity index (χ4v) is 4.34. The number of nitrogens with zero attached hydrogens (tertiary/aromatic N) is 1. The van der Waals surface area contributed by atoms with Gasteiger partial charge in [0.25, 0.3) is 5.91 Å². The smallest absolute Gasteiger partial charge is 0.311 e. The van der Waals surface area contributed by atoms with Crippen LogP contribution < -0.4 is 5.32 Å². The molecule has 0 aromatic heterocycles. The summed E-state index contributed by atoms with van der Waals surface area (Å²) in [6.07, 6.45) is 2.27. The molecule has 0 spiro atoms. The normalized spacial score (nSPS) is 25.3. The first-order chi connectivity index (χ1) is 12.7. The van der Waals surface area contributed by atoms with E-state index in [9.17, 15) is 23.9 Å². The number of fused-ring (bicyclic) bond motifs is 1. The van der Waals surface area contributed by atoms with E-state index in [0.29, 0.717) is 13.0 Å². The summed E-state index contributed by atoms with van der Waals surface area (Å²) in [7, 11) is 0. The van der Waals surface area contributed by atoms with Crippen molar-refractivity contribution in [1.29, 1.82) is 0 Å². The molecule has 2 amide bonds. The second-order valence-corrected chi connectivity index (χ2v) is 7.97. The Kier molecular flexibility index (Phi) is 5.22. The van der Waals surface area contributed by atoms with Crippen molar-refractivity contribution < 1.29 is 23.9 Å². The van der Waals surface area contributed by atoms with Gasteiger partial charge in [0, 0.05) is 18.7 Å². The third-order valence-corrected chi connectivity index (χ3v) is 5.93. The average Bonchev–Trinajstić information content (AvgIpc) is 3.17. The molecule has 3 atom stereocenters. The van der Waals surface area contributed by atoms with Crippen molar-refractivity contribution in [3.8, 4) is 0 Å². The maximum Gasteiger partial charge on any atom is 0.311 e. The van der Waals surface area contributed by atoms with Gasteiger partial charge in [-0.3, -0.25) is 14.4 Å². The van der Waals surface area contributed by atoms with Gasteiger partial charge in [-0.05, 0) is 48.9 Å². The number of carboxylic acid groups (broad SMARTS) is 1. The minimum atomic E-state index is -0.849. The van der Waals surface area contributed by atoms with E-state index >= 15 is 0 Å². The van der Waals surface area contributed by atoms with Gasteiger partial charge in [-0.25, -0.2) is 4.39 Å². The van der Waals surface area contributed by atoms with Crippen molar-refractivity contribution in [3.63, 3.8) is 0 Å². The first-order valence-corrected chi connectivity index (χ1v) is 9.33. The van der Waals surface area contributed by atoms with Crippen LogP contribution in [0.15, 0.2) is 24.3 Å². The van der Waals surface area contributed by atoms with Gasteiger partial charge in [-0.1, -0.05) is 20.3 Å². The lowest BCUT2D eigenvalue weighted by Crippen LogP contribution is -2.51. The highest BCUT2D eigenvalue weighted by Gasteiger charge is 2.56. The number of carbonyl (C=O) groups is 3. The molecule has 7 heteroatoms. The van der Waals surface area contributed by atoms with Gasteiger partial charge >= 0.3 is 5.97 Å². The number of amides is 2. The maximum atomic E-state index is 13.1. The zero-order valence-corrected chi connectivity index (χ0v) is 15.6. The van der Waals surface area contributed by atoms with Crippen molar-refractivity contribution in [3.05, 3.63) is 35.6 Å². The third-order valence-electron chi connectivity index (χ3n) is 5.93. The monoisotopic (exact) mass is 376 g/mol. The number of rotatable bonds is 5. The highest BCUT2D eigenvalue weighted by Crippen LogP contribution is 2.49. The van der Waals surface area contributed by atoms with Crippen LogP contribution in [0.5, 0.6) is 0 Å². The molecule has 3 rings (SSSR count). The molecule has 1 unspecified atom stereocenters. The summed E-state index contributed by atoms with van der Waals surface area (Å²) >= 11 is 0. The molecule has 1 aliphatic carbocycles. The molecule has 0 radical (unpaired) electrons. The molecule has 27 heavy (non-hydrogen) atoms. The number of carboxylic acids is 1. The number of carbonyl (C=O) groups excluding carboxylic acids is 2. The van der Waals surface area contributed by atoms with Crippen molar-refractivity contribution >= 4 is 17.8 Å².